The van der Waals surface area contributed by atoms with E-state index in [1.165, 1.54) is 11.3 Å². The molecule has 0 spiro atoms. The third kappa shape index (κ3) is 3.31. The summed E-state index contributed by atoms with van der Waals surface area (Å²) in [6.45, 7) is 2.37. The third-order valence-electron chi connectivity index (χ3n) is 3.63. The standard InChI is InChI=1S/C19H15N3O2S2/c1-2-24-18-13(7-5-11-20-18)21-17(23)15-9-10-16(25-15)19-22-12-6-3-4-8-14(12)26-19/h3-11H,2H2,1H3,(H,21,23). The van der Waals surface area contributed by atoms with Crippen LogP contribution in [0.5, 0.6) is 5.88 Å². The number of thiazole rings is 1. The number of benzene rings is 1. The Morgan fingerprint density at radius 3 is 2.85 bits per heavy atom. The van der Waals surface area contributed by atoms with E-state index in [4.69, 9.17) is 4.74 Å². The summed E-state index contributed by atoms with van der Waals surface area (Å²) >= 11 is 3.05. The molecule has 4 aromatic rings. The van der Waals surface area contributed by atoms with Crippen LogP contribution in [-0.4, -0.2) is 22.5 Å². The van der Waals surface area contributed by atoms with Crippen molar-refractivity contribution in [2.24, 2.45) is 0 Å². The van der Waals surface area contributed by atoms with Gasteiger partial charge in [0, 0.05) is 6.20 Å². The lowest BCUT2D eigenvalue weighted by molar-refractivity contribution is 0.103. The largest absolute Gasteiger partial charge is 0.476 e. The number of nitrogens with zero attached hydrogens (tertiary/aromatic N) is 2. The second-order valence-corrected chi connectivity index (χ2v) is 7.51. The molecule has 1 amide bonds. The lowest BCUT2D eigenvalue weighted by atomic mass is 10.3. The Morgan fingerprint density at radius 1 is 1.12 bits per heavy atom. The number of hydrogen-bond donors (Lipinski definition) is 1. The van der Waals surface area contributed by atoms with Crippen molar-refractivity contribution in [1.82, 2.24) is 9.97 Å². The third-order valence-corrected chi connectivity index (χ3v) is 5.92. The molecule has 0 saturated carbocycles. The molecule has 3 aromatic heterocycles. The number of aromatic nitrogens is 2. The maximum absolute atomic E-state index is 12.6. The van der Waals surface area contributed by atoms with E-state index in [1.54, 1.807) is 29.7 Å². The molecule has 0 bridgehead atoms. The van der Waals surface area contributed by atoms with Crippen LogP contribution in [0.1, 0.15) is 16.6 Å². The van der Waals surface area contributed by atoms with Crippen molar-refractivity contribution in [3.63, 3.8) is 0 Å². The molecule has 1 aromatic carbocycles. The molecule has 0 fully saturated rings. The Labute approximate surface area is 158 Å². The summed E-state index contributed by atoms with van der Waals surface area (Å²) in [7, 11) is 0. The number of carbonyl (C=O) groups excluding carboxylic acids is 1. The van der Waals surface area contributed by atoms with Gasteiger partial charge in [-0.3, -0.25) is 4.79 Å². The first-order valence-corrected chi connectivity index (χ1v) is 9.73. The van der Waals surface area contributed by atoms with Gasteiger partial charge in [-0.1, -0.05) is 12.1 Å². The van der Waals surface area contributed by atoms with Gasteiger partial charge in [-0.2, -0.15) is 0 Å². The summed E-state index contributed by atoms with van der Waals surface area (Å²) in [5, 5.41) is 3.79. The quantitative estimate of drug-likeness (QED) is 0.524. The number of ether oxygens (including phenoxy) is 1. The number of nitrogens with one attached hydrogen (secondary N) is 1. The van der Waals surface area contributed by atoms with Crippen molar-refractivity contribution in [2.45, 2.75) is 6.92 Å². The van der Waals surface area contributed by atoms with Gasteiger partial charge in [-0.15, -0.1) is 22.7 Å². The van der Waals surface area contributed by atoms with E-state index in [-0.39, 0.29) is 5.91 Å². The van der Waals surface area contributed by atoms with Crippen molar-refractivity contribution < 1.29 is 9.53 Å². The Balaban J connectivity index is 1.57. The lowest BCUT2D eigenvalue weighted by Crippen LogP contribution is -2.11. The van der Waals surface area contributed by atoms with Crippen LogP contribution < -0.4 is 10.1 Å². The molecule has 3 heterocycles. The van der Waals surface area contributed by atoms with Crippen LogP contribution in [0, 0.1) is 0 Å². The molecule has 0 aliphatic carbocycles. The minimum absolute atomic E-state index is 0.184. The second kappa shape index (κ2) is 7.23. The van der Waals surface area contributed by atoms with E-state index in [0.29, 0.717) is 23.1 Å². The maximum Gasteiger partial charge on any atom is 0.265 e. The van der Waals surface area contributed by atoms with E-state index < -0.39 is 0 Å². The number of anilines is 1. The fourth-order valence-corrected chi connectivity index (χ4v) is 4.40. The Bertz CT molecular complexity index is 1040. The second-order valence-electron chi connectivity index (χ2n) is 5.39. The average molecular weight is 381 g/mol. The van der Waals surface area contributed by atoms with Gasteiger partial charge in [0.05, 0.1) is 26.6 Å². The molecule has 7 heteroatoms. The highest BCUT2D eigenvalue weighted by Gasteiger charge is 2.15. The van der Waals surface area contributed by atoms with Crippen LogP contribution in [0.3, 0.4) is 0 Å². The highest BCUT2D eigenvalue weighted by Crippen LogP contribution is 2.34. The van der Waals surface area contributed by atoms with E-state index in [0.717, 1.165) is 20.1 Å². The highest BCUT2D eigenvalue weighted by molar-refractivity contribution is 7.26. The Kier molecular flexibility index (Phi) is 4.64. The number of fused-ring (bicyclic) bond motifs is 1. The molecule has 0 aliphatic heterocycles. The summed E-state index contributed by atoms with van der Waals surface area (Å²) in [6.07, 6.45) is 1.64. The van der Waals surface area contributed by atoms with Crippen molar-refractivity contribution in [2.75, 3.05) is 11.9 Å². The normalized spacial score (nSPS) is 10.8. The molecule has 0 atom stereocenters. The van der Waals surface area contributed by atoms with Crippen LogP contribution in [0.25, 0.3) is 20.1 Å². The maximum atomic E-state index is 12.6. The zero-order valence-electron chi connectivity index (χ0n) is 13.9. The molecule has 0 saturated heterocycles. The van der Waals surface area contributed by atoms with Crippen molar-refractivity contribution in [3.8, 4) is 15.8 Å². The predicted molar refractivity (Wildman–Crippen MR) is 106 cm³/mol. The van der Waals surface area contributed by atoms with Gasteiger partial charge in [0.1, 0.15) is 10.7 Å². The fraction of sp³-hybridized carbons (Fsp3) is 0.105. The van der Waals surface area contributed by atoms with Crippen molar-refractivity contribution >= 4 is 44.5 Å². The Morgan fingerprint density at radius 2 is 2.00 bits per heavy atom. The van der Waals surface area contributed by atoms with Crippen molar-refractivity contribution in [3.05, 3.63) is 59.6 Å². The predicted octanol–water partition coefficient (Wildman–Crippen LogP) is 5.07. The van der Waals surface area contributed by atoms with Gasteiger partial charge in [0.2, 0.25) is 5.88 Å². The van der Waals surface area contributed by atoms with Crippen LogP contribution in [0.15, 0.2) is 54.7 Å². The average Bonchev–Trinajstić information content (AvgIpc) is 3.30. The van der Waals surface area contributed by atoms with E-state index in [9.17, 15) is 4.79 Å². The monoisotopic (exact) mass is 381 g/mol. The molecule has 0 aliphatic rings. The first kappa shape index (κ1) is 16.7. The van der Waals surface area contributed by atoms with Gasteiger partial charge in [0.25, 0.3) is 5.91 Å². The number of hydrogen-bond acceptors (Lipinski definition) is 6. The van der Waals surface area contributed by atoms with Gasteiger partial charge < -0.3 is 10.1 Å². The van der Waals surface area contributed by atoms with E-state index in [1.807, 2.05) is 37.3 Å². The summed E-state index contributed by atoms with van der Waals surface area (Å²) in [6, 6.07) is 15.3. The minimum atomic E-state index is -0.184. The van der Waals surface area contributed by atoms with E-state index in [2.05, 4.69) is 21.4 Å². The number of thiophene rings is 1. The summed E-state index contributed by atoms with van der Waals surface area (Å²) in [5.41, 5.74) is 1.54. The first-order chi connectivity index (χ1) is 12.7. The number of carbonyl (C=O) groups is 1. The van der Waals surface area contributed by atoms with Gasteiger partial charge in [-0.05, 0) is 43.3 Å². The molecule has 1 N–H and O–H groups in total. The zero-order chi connectivity index (χ0) is 17.9. The molecular weight excluding hydrogens is 366 g/mol. The number of pyridine rings is 1. The molecule has 26 heavy (non-hydrogen) atoms. The van der Waals surface area contributed by atoms with Crippen LogP contribution in [0.4, 0.5) is 5.69 Å². The summed E-state index contributed by atoms with van der Waals surface area (Å²) in [5.74, 6) is 0.239. The van der Waals surface area contributed by atoms with Gasteiger partial charge >= 0.3 is 0 Å². The lowest BCUT2D eigenvalue weighted by Gasteiger charge is -2.09. The number of para-hydroxylation sites is 1. The van der Waals surface area contributed by atoms with Crippen molar-refractivity contribution in [1.29, 1.82) is 0 Å². The van der Waals surface area contributed by atoms with Crippen LogP contribution >= 0.6 is 22.7 Å². The molecule has 130 valence electrons. The summed E-state index contributed by atoms with van der Waals surface area (Å²) < 4.78 is 6.59. The SMILES string of the molecule is CCOc1ncccc1NC(=O)c1ccc(-c2nc3ccccc3s2)s1. The number of amides is 1. The Hall–Kier alpha value is -2.77. The fourth-order valence-electron chi connectivity index (χ4n) is 2.47. The molecular formula is C19H15N3O2S2. The number of rotatable bonds is 5. The zero-order valence-corrected chi connectivity index (χ0v) is 15.6. The molecule has 4 rings (SSSR count). The first-order valence-electron chi connectivity index (χ1n) is 8.09. The van der Waals surface area contributed by atoms with Crippen LogP contribution in [0.2, 0.25) is 0 Å². The topological polar surface area (TPSA) is 64.1 Å². The van der Waals surface area contributed by atoms with Gasteiger partial charge in [0.15, 0.2) is 0 Å². The van der Waals surface area contributed by atoms with Crippen LogP contribution in [-0.2, 0) is 0 Å². The molecule has 0 radical (unpaired) electrons. The molecule has 0 unspecified atom stereocenters. The van der Waals surface area contributed by atoms with E-state index >= 15 is 0 Å². The summed E-state index contributed by atoms with van der Waals surface area (Å²) in [4.78, 5) is 23.0. The minimum Gasteiger partial charge on any atom is -0.476 e. The van der Waals surface area contributed by atoms with Gasteiger partial charge in [-0.25, -0.2) is 9.97 Å². The molecule has 5 nitrogen and oxygen atoms in total. The highest BCUT2D eigenvalue weighted by atomic mass is 32.1. The smallest absolute Gasteiger partial charge is 0.265 e.